The van der Waals surface area contributed by atoms with Crippen LogP contribution in [0, 0.1) is 12.3 Å². The largest absolute Gasteiger partial charge is 0.355 e. The highest BCUT2D eigenvalue weighted by atomic mass is 16.2. The fraction of sp³-hybridized carbons (Fsp3) is 0.667. The number of piperidine rings is 1. The Balaban J connectivity index is 1.88. The number of aryl methyl sites for hydroxylation is 1. The van der Waals surface area contributed by atoms with Gasteiger partial charge in [0.05, 0.1) is 11.9 Å². The third-order valence-corrected chi connectivity index (χ3v) is 3.58. The van der Waals surface area contributed by atoms with E-state index < -0.39 is 0 Å². The lowest BCUT2D eigenvalue weighted by Crippen LogP contribution is -2.48. The zero-order valence-corrected chi connectivity index (χ0v) is 12.8. The SMILES string of the molecule is Cc1cncc(N2CCC(NC(=O)C(C)(C)C)CC2)n1. The van der Waals surface area contributed by atoms with Gasteiger partial charge in [-0.3, -0.25) is 9.78 Å². The molecule has 1 saturated heterocycles. The van der Waals surface area contributed by atoms with Crippen molar-refractivity contribution >= 4 is 11.7 Å². The first kappa shape index (κ1) is 14.8. The Morgan fingerprint density at radius 3 is 2.50 bits per heavy atom. The summed E-state index contributed by atoms with van der Waals surface area (Å²) in [4.78, 5) is 22.9. The average molecular weight is 276 g/mol. The van der Waals surface area contributed by atoms with E-state index in [1.165, 1.54) is 0 Å². The van der Waals surface area contributed by atoms with E-state index in [4.69, 9.17) is 0 Å². The minimum Gasteiger partial charge on any atom is -0.355 e. The third-order valence-electron chi connectivity index (χ3n) is 3.58. The van der Waals surface area contributed by atoms with Crippen molar-refractivity contribution in [2.75, 3.05) is 18.0 Å². The summed E-state index contributed by atoms with van der Waals surface area (Å²) in [5.41, 5.74) is 0.616. The predicted octanol–water partition coefficient (Wildman–Crippen LogP) is 1.92. The Morgan fingerprint density at radius 1 is 1.30 bits per heavy atom. The molecule has 0 radical (unpaired) electrons. The van der Waals surface area contributed by atoms with Crippen molar-refractivity contribution < 1.29 is 4.79 Å². The highest BCUT2D eigenvalue weighted by molar-refractivity contribution is 5.81. The second-order valence-electron chi connectivity index (χ2n) is 6.50. The fourth-order valence-electron chi connectivity index (χ4n) is 2.26. The zero-order valence-electron chi connectivity index (χ0n) is 12.8. The first-order chi connectivity index (χ1) is 9.36. The molecular formula is C15H24N4O. The summed E-state index contributed by atoms with van der Waals surface area (Å²) >= 11 is 0. The van der Waals surface area contributed by atoms with Crippen LogP contribution in [0.1, 0.15) is 39.3 Å². The van der Waals surface area contributed by atoms with Crippen LogP contribution >= 0.6 is 0 Å². The third kappa shape index (κ3) is 3.68. The Labute approximate surface area is 120 Å². The first-order valence-corrected chi connectivity index (χ1v) is 7.21. The number of aromatic nitrogens is 2. The second-order valence-corrected chi connectivity index (χ2v) is 6.50. The molecule has 1 aromatic rings. The van der Waals surface area contributed by atoms with Gasteiger partial charge in [0.1, 0.15) is 5.82 Å². The van der Waals surface area contributed by atoms with E-state index in [0.717, 1.165) is 37.4 Å². The molecule has 0 aromatic carbocycles. The monoisotopic (exact) mass is 276 g/mol. The quantitative estimate of drug-likeness (QED) is 0.896. The maximum absolute atomic E-state index is 12.0. The van der Waals surface area contributed by atoms with Gasteiger partial charge in [0.25, 0.3) is 0 Å². The molecule has 5 nitrogen and oxygen atoms in total. The van der Waals surface area contributed by atoms with Gasteiger partial charge in [0, 0.05) is 30.7 Å². The van der Waals surface area contributed by atoms with Crippen LogP contribution in [0.2, 0.25) is 0 Å². The Morgan fingerprint density at radius 2 is 1.95 bits per heavy atom. The van der Waals surface area contributed by atoms with Crippen molar-refractivity contribution in [2.24, 2.45) is 5.41 Å². The molecule has 0 spiro atoms. The second kappa shape index (κ2) is 5.77. The number of amides is 1. The van der Waals surface area contributed by atoms with Crippen LogP contribution in [0.3, 0.4) is 0 Å². The molecular weight excluding hydrogens is 252 g/mol. The molecule has 2 rings (SSSR count). The van der Waals surface area contributed by atoms with Crippen LogP contribution in [0.25, 0.3) is 0 Å². The summed E-state index contributed by atoms with van der Waals surface area (Å²) in [7, 11) is 0. The first-order valence-electron chi connectivity index (χ1n) is 7.21. The van der Waals surface area contributed by atoms with Crippen molar-refractivity contribution in [3.8, 4) is 0 Å². The summed E-state index contributed by atoms with van der Waals surface area (Å²) in [6.45, 7) is 9.60. The van der Waals surface area contributed by atoms with Crippen LogP contribution in [-0.2, 0) is 4.79 Å². The number of anilines is 1. The molecule has 110 valence electrons. The van der Waals surface area contributed by atoms with E-state index in [1.54, 1.807) is 12.4 Å². The highest BCUT2D eigenvalue weighted by Gasteiger charge is 2.26. The normalized spacial score (nSPS) is 17.1. The lowest BCUT2D eigenvalue weighted by molar-refractivity contribution is -0.129. The molecule has 1 amide bonds. The highest BCUT2D eigenvalue weighted by Crippen LogP contribution is 2.19. The number of nitrogens with zero attached hydrogens (tertiary/aromatic N) is 3. The van der Waals surface area contributed by atoms with Crippen LogP contribution < -0.4 is 10.2 Å². The molecule has 20 heavy (non-hydrogen) atoms. The summed E-state index contributed by atoms with van der Waals surface area (Å²) in [5.74, 6) is 1.07. The molecule has 1 fully saturated rings. The van der Waals surface area contributed by atoms with Crippen molar-refractivity contribution in [3.05, 3.63) is 18.1 Å². The predicted molar refractivity (Wildman–Crippen MR) is 79.6 cm³/mol. The van der Waals surface area contributed by atoms with Crippen molar-refractivity contribution in [1.82, 2.24) is 15.3 Å². The molecule has 1 aliphatic rings. The number of carbonyl (C=O) groups is 1. The summed E-state index contributed by atoms with van der Waals surface area (Å²) in [6.07, 6.45) is 5.48. The van der Waals surface area contributed by atoms with E-state index >= 15 is 0 Å². The van der Waals surface area contributed by atoms with Gasteiger partial charge < -0.3 is 10.2 Å². The van der Waals surface area contributed by atoms with Crippen LogP contribution in [0.15, 0.2) is 12.4 Å². The smallest absolute Gasteiger partial charge is 0.225 e. The molecule has 2 heterocycles. The molecule has 1 aromatic heterocycles. The number of rotatable bonds is 2. The van der Waals surface area contributed by atoms with Gasteiger partial charge >= 0.3 is 0 Å². The Kier molecular flexibility index (Phi) is 4.26. The molecule has 0 bridgehead atoms. The topological polar surface area (TPSA) is 58.1 Å². The average Bonchev–Trinajstić information content (AvgIpc) is 2.38. The molecule has 0 atom stereocenters. The van der Waals surface area contributed by atoms with Gasteiger partial charge in [-0.2, -0.15) is 0 Å². The molecule has 1 aliphatic heterocycles. The zero-order chi connectivity index (χ0) is 14.8. The van der Waals surface area contributed by atoms with Gasteiger partial charge in [0.2, 0.25) is 5.91 Å². The molecule has 0 unspecified atom stereocenters. The van der Waals surface area contributed by atoms with E-state index in [9.17, 15) is 4.79 Å². The van der Waals surface area contributed by atoms with Crippen molar-refractivity contribution in [3.63, 3.8) is 0 Å². The van der Waals surface area contributed by atoms with Crippen LogP contribution in [0.4, 0.5) is 5.82 Å². The van der Waals surface area contributed by atoms with Crippen molar-refractivity contribution in [1.29, 1.82) is 0 Å². The van der Waals surface area contributed by atoms with Gasteiger partial charge in [-0.25, -0.2) is 4.98 Å². The number of hydrogen-bond acceptors (Lipinski definition) is 4. The van der Waals surface area contributed by atoms with Crippen LogP contribution in [-0.4, -0.2) is 35.0 Å². The van der Waals surface area contributed by atoms with E-state index in [-0.39, 0.29) is 17.4 Å². The number of carbonyl (C=O) groups excluding carboxylic acids is 1. The number of nitrogens with one attached hydrogen (secondary N) is 1. The summed E-state index contributed by atoms with van der Waals surface area (Å²) in [6, 6.07) is 0.274. The van der Waals surface area contributed by atoms with Gasteiger partial charge in [-0.15, -0.1) is 0 Å². The lowest BCUT2D eigenvalue weighted by atomic mass is 9.94. The van der Waals surface area contributed by atoms with Gasteiger partial charge in [0.15, 0.2) is 0 Å². The summed E-state index contributed by atoms with van der Waals surface area (Å²) in [5, 5.41) is 3.14. The fourth-order valence-corrected chi connectivity index (χ4v) is 2.26. The maximum Gasteiger partial charge on any atom is 0.225 e. The number of hydrogen-bond donors (Lipinski definition) is 1. The van der Waals surface area contributed by atoms with E-state index in [2.05, 4.69) is 20.2 Å². The molecule has 0 aliphatic carbocycles. The van der Waals surface area contributed by atoms with E-state index in [1.807, 2.05) is 27.7 Å². The molecule has 5 heteroatoms. The molecule has 1 N–H and O–H groups in total. The van der Waals surface area contributed by atoms with Crippen molar-refractivity contribution in [2.45, 2.75) is 46.6 Å². The van der Waals surface area contributed by atoms with E-state index in [0.29, 0.717) is 0 Å². The standard InChI is InChI=1S/C15H24N4O/c1-11-9-16-10-13(17-11)19-7-5-12(6-8-19)18-14(20)15(2,3)4/h9-10,12H,5-8H2,1-4H3,(H,18,20). The Bertz CT molecular complexity index is 473. The van der Waals surface area contributed by atoms with Crippen LogP contribution in [0.5, 0.6) is 0 Å². The molecule has 0 saturated carbocycles. The lowest BCUT2D eigenvalue weighted by Gasteiger charge is -2.34. The maximum atomic E-state index is 12.0. The Hall–Kier alpha value is -1.65. The summed E-state index contributed by atoms with van der Waals surface area (Å²) < 4.78 is 0. The van der Waals surface area contributed by atoms with Gasteiger partial charge in [-0.1, -0.05) is 20.8 Å². The minimum atomic E-state index is -0.320. The minimum absolute atomic E-state index is 0.131. The van der Waals surface area contributed by atoms with Gasteiger partial charge in [-0.05, 0) is 19.8 Å².